The van der Waals surface area contributed by atoms with Crippen molar-refractivity contribution in [1.82, 2.24) is 4.98 Å². The molecule has 0 atom stereocenters. The lowest BCUT2D eigenvalue weighted by Crippen LogP contribution is -2.23. The number of nitrogens with one attached hydrogen (secondary N) is 2. The van der Waals surface area contributed by atoms with Gasteiger partial charge in [0.25, 0.3) is 0 Å². The molecule has 4 nitrogen and oxygen atoms in total. The predicted octanol–water partition coefficient (Wildman–Crippen LogP) is 2.75. The topological polar surface area (TPSA) is 48.1 Å². The molecule has 98 valence electrons. The van der Waals surface area contributed by atoms with E-state index in [0.29, 0.717) is 6.42 Å². The maximum atomic E-state index is 11.7. The Hall–Kier alpha value is -2.23. The second-order valence-corrected chi connectivity index (χ2v) is 4.75. The number of rotatable bonds is 4. The number of carbonyl (C=O) groups is 1. The van der Waals surface area contributed by atoms with Gasteiger partial charge in [0, 0.05) is 36.2 Å². The van der Waals surface area contributed by atoms with Crippen LogP contribution in [-0.4, -0.2) is 17.4 Å². The van der Waals surface area contributed by atoms with Crippen LogP contribution in [0.4, 0.5) is 11.4 Å². The van der Waals surface area contributed by atoms with Gasteiger partial charge in [-0.2, -0.15) is 0 Å². The fourth-order valence-electron chi connectivity index (χ4n) is 2.38. The summed E-state index contributed by atoms with van der Waals surface area (Å²) in [5.74, 6) is 0.224. The van der Waals surface area contributed by atoms with Gasteiger partial charge in [-0.3, -0.25) is 4.79 Å². The highest BCUT2D eigenvalue weighted by Crippen LogP contribution is 2.24. The summed E-state index contributed by atoms with van der Waals surface area (Å²) < 4.78 is 0. The molecule has 0 aliphatic carbocycles. The molecule has 1 saturated heterocycles. The van der Waals surface area contributed by atoms with E-state index in [2.05, 4.69) is 10.3 Å². The minimum atomic E-state index is 0.224. The van der Waals surface area contributed by atoms with Crippen LogP contribution < -0.4 is 10.2 Å². The second kappa shape index (κ2) is 5.18. The number of aromatic nitrogens is 1. The molecule has 4 heteroatoms. The molecule has 1 amide bonds. The van der Waals surface area contributed by atoms with Crippen molar-refractivity contribution in [2.45, 2.75) is 19.4 Å². The lowest BCUT2D eigenvalue weighted by Gasteiger charge is -2.17. The number of aromatic amines is 1. The molecular weight excluding hydrogens is 238 g/mol. The number of H-pyrrole nitrogens is 1. The molecule has 1 aromatic carbocycles. The standard InChI is InChI=1S/C15H17N3O/c19-15-7-3-9-18(15)14-6-1-4-12(10-14)17-11-13-5-2-8-16-13/h1-2,4-6,8,10,16-17H,3,7,9,11H2. The smallest absolute Gasteiger partial charge is 0.227 e. The molecule has 1 aliphatic heterocycles. The number of anilines is 2. The fraction of sp³-hybridized carbons (Fsp3) is 0.267. The zero-order valence-corrected chi connectivity index (χ0v) is 10.7. The fourth-order valence-corrected chi connectivity index (χ4v) is 2.38. The molecule has 0 bridgehead atoms. The van der Waals surface area contributed by atoms with Crippen molar-refractivity contribution < 1.29 is 4.79 Å². The molecule has 0 unspecified atom stereocenters. The highest BCUT2D eigenvalue weighted by molar-refractivity contribution is 5.95. The van der Waals surface area contributed by atoms with Gasteiger partial charge in [-0.25, -0.2) is 0 Å². The van der Waals surface area contributed by atoms with E-state index in [1.54, 1.807) is 0 Å². The van der Waals surface area contributed by atoms with Gasteiger partial charge < -0.3 is 15.2 Å². The minimum Gasteiger partial charge on any atom is -0.379 e. The van der Waals surface area contributed by atoms with Crippen LogP contribution in [0.15, 0.2) is 42.6 Å². The lowest BCUT2D eigenvalue weighted by molar-refractivity contribution is -0.117. The molecule has 19 heavy (non-hydrogen) atoms. The summed E-state index contributed by atoms with van der Waals surface area (Å²) in [6, 6.07) is 12.1. The highest BCUT2D eigenvalue weighted by Gasteiger charge is 2.21. The van der Waals surface area contributed by atoms with Gasteiger partial charge >= 0.3 is 0 Å². The zero-order chi connectivity index (χ0) is 13.1. The van der Waals surface area contributed by atoms with Gasteiger partial charge in [0.1, 0.15) is 0 Å². The molecule has 0 spiro atoms. The second-order valence-electron chi connectivity index (χ2n) is 4.75. The van der Waals surface area contributed by atoms with Crippen LogP contribution in [0.1, 0.15) is 18.5 Å². The third-order valence-electron chi connectivity index (χ3n) is 3.38. The van der Waals surface area contributed by atoms with Crippen molar-refractivity contribution in [1.29, 1.82) is 0 Å². The Balaban J connectivity index is 1.71. The third kappa shape index (κ3) is 2.62. The minimum absolute atomic E-state index is 0.224. The van der Waals surface area contributed by atoms with E-state index in [9.17, 15) is 4.79 Å². The molecule has 2 aromatic rings. The number of nitrogens with zero attached hydrogens (tertiary/aromatic N) is 1. The first-order valence-electron chi connectivity index (χ1n) is 6.59. The van der Waals surface area contributed by atoms with Crippen molar-refractivity contribution in [3.05, 3.63) is 48.3 Å². The Morgan fingerprint density at radius 2 is 2.21 bits per heavy atom. The van der Waals surface area contributed by atoms with E-state index in [1.807, 2.05) is 47.5 Å². The molecule has 1 fully saturated rings. The summed E-state index contributed by atoms with van der Waals surface area (Å²) in [5.41, 5.74) is 3.16. The van der Waals surface area contributed by atoms with E-state index in [-0.39, 0.29) is 5.91 Å². The Morgan fingerprint density at radius 3 is 2.95 bits per heavy atom. The summed E-state index contributed by atoms with van der Waals surface area (Å²) in [7, 11) is 0. The highest BCUT2D eigenvalue weighted by atomic mass is 16.2. The van der Waals surface area contributed by atoms with Crippen molar-refractivity contribution in [2.24, 2.45) is 0 Å². The van der Waals surface area contributed by atoms with Crippen LogP contribution in [0.5, 0.6) is 0 Å². The van der Waals surface area contributed by atoms with Gasteiger partial charge in [0.15, 0.2) is 0 Å². The van der Waals surface area contributed by atoms with Gasteiger partial charge in [0.2, 0.25) is 5.91 Å². The Morgan fingerprint density at radius 1 is 1.26 bits per heavy atom. The first-order valence-corrected chi connectivity index (χ1v) is 6.59. The number of amides is 1. The van der Waals surface area contributed by atoms with Gasteiger partial charge in [-0.15, -0.1) is 0 Å². The SMILES string of the molecule is O=C1CCCN1c1cccc(NCc2ccc[nH]2)c1. The third-order valence-corrected chi connectivity index (χ3v) is 3.38. The first-order chi connectivity index (χ1) is 9.33. The van der Waals surface area contributed by atoms with Crippen molar-refractivity contribution in [3.63, 3.8) is 0 Å². The summed E-state index contributed by atoms with van der Waals surface area (Å²) in [6.45, 7) is 1.59. The van der Waals surface area contributed by atoms with E-state index in [4.69, 9.17) is 0 Å². The maximum Gasteiger partial charge on any atom is 0.227 e. The predicted molar refractivity (Wildman–Crippen MR) is 76.1 cm³/mol. The Kier molecular flexibility index (Phi) is 3.23. The summed E-state index contributed by atoms with van der Waals surface area (Å²) in [6.07, 6.45) is 3.54. The number of hydrogen-bond acceptors (Lipinski definition) is 2. The van der Waals surface area contributed by atoms with E-state index in [0.717, 1.165) is 36.6 Å². The normalized spacial score (nSPS) is 14.9. The summed E-state index contributed by atoms with van der Waals surface area (Å²) in [5, 5.41) is 3.36. The monoisotopic (exact) mass is 255 g/mol. The maximum absolute atomic E-state index is 11.7. The van der Waals surface area contributed by atoms with Crippen molar-refractivity contribution in [2.75, 3.05) is 16.8 Å². The van der Waals surface area contributed by atoms with Crippen LogP contribution in [0, 0.1) is 0 Å². The summed E-state index contributed by atoms with van der Waals surface area (Å²) >= 11 is 0. The molecule has 2 N–H and O–H groups in total. The Labute approximate surface area is 112 Å². The number of hydrogen-bond donors (Lipinski definition) is 2. The lowest BCUT2D eigenvalue weighted by atomic mass is 10.2. The van der Waals surface area contributed by atoms with Crippen LogP contribution in [0.2, 0.25) is 0 Å². The van der Waals surface area contributed by atoms with Crippen molar-refractivity contribution in [3.8, 4) is 0 Å². The van der Waals surface area contributed by atoms with E-state index in [1.165, 1.54) is 0 Å². The summed E-state index contributed by atoms with van der Waals surface area (Å²) in [4.78, 5) is 16.7. The molecule has 0 saturated carbocycles. The van der Waals surface area contributed by atoms with E-state index >= 15 is 0 Å². The van der Waals surface area contributed by atoms with E-state index < -0.39 is 0 Å². The molecule has 1 aromatic heterocycles. The molecule has 0 radical (unpaired) electrons. The average Bonchev–Trinajstić information content (AvgIpc) is 3.08. The number of benzene rings is 1. The van der Waals surface area contributed by atoms with Crippen LogP contribution >= 0.6 is 0 Å². The van der Waals surface area contributed by atoms with Crippen LogP contribution in [0.3, 0.4) is 0 Å². The van der Waals surface area contributed by atoms with Crippen LogP contribution in [-0.2, 0) is 11.3 Å². The molecule has 3 rings (SSSR count). The van der Waals surface area contributed by atoms with Crippen molar-refractivity contribution >= 4 is 17.3 Å². The molecule has 2 heterocycles. The molecular formula is C15H17N3O. The zero-order valence-electron chi connectivity index (χ0n) is 10.7. The van der Waals surface area contributed by atoms with Crippen LogP contribution in [0.25, 0.3) is 0 Å². The number of carbonyl (C=O) groups excluding carboxylic acids is 1. The average molecular weight is 255 g/mol. The quantitative estimate of drug-likeness (QED) is 0.882. The first kappa shape index (κ1) is 11.8. The van der Waals surface area contributed by atoms with Gasteiger partial charge in [0.05, 0.1) is 6.54 Å². The Bertz CT molecular complexity index is 563. The van der Waals surface area contributed by atoms with Gasteiger partial charge in [-0.05, 0) is 36.8 Å². The molecule has 1 aliphatic rings. The largest absolute Gasteiger partial charge is 0.379 e. The van der Waals surface area contributed by atoms with Gasteiger partial charge in [-0.1, -0.05) is 6.07 Å².